The van der Waals surface area contributed by atoms with Gasteiger partial charge in [-0.1, -0.05) is 35.4 Å². The van der Waals surface area contributed by atoms with Crippen LogP contribution in [0.25, 0.3) is 0 Å². The van der Waals surface area contributed by atoms with Crippen LogP contribution in [0.5, 0.6) is 5.75 Å². The van der Waals surface area contributed by atoms with Crippen LogP contribution in [0.15, 0.2) is 36.4 Å². The van der Waals surface area contributed by atoms with Crippen LogP contribution in [-0.2, 0) is 6.61 Å². The van der Waals surface area contributed by atoms with Crippen LogP contribution >= 0.6 is 11.6 Å². The lowest BCUT2D eigenvalue weighted by Crippen LogP contribution is -2.31. The minimum atomic E-state index is -1.61. The first-order valence-corrected chi connectivity index (χ1v) is 6.38. The van der Waals surface area contributed by atoms with Crippen molar-refractivity contribution in [3.05, 3.63) is 58.4 Å². The second-order valence-corrected chi connectivity index (χ2v) is 4.86. The first-order chi connectivity index (χ1) is 9.47. The second kappa shape index (κ2) is 6.26. The molecule has 0 saturated carbocycles. The van der Waals surface area contributed by atoms with Gasteiger partial charge < -0.3 is 14.8 Å². The zero-order valence-electron chi connectivity index (χ0n) is 10.8. The Morgan fingerprint density at radius 2 is 1.95 bits per heavy atom. The van der Waals surface area contributed by atoms with E-state index in [1.54, 1.807) is 24.3 Å². The minimum absolute atomic E-state index is 0.0254. The van der Waals surface area contributed by atoms with E-state index in [4.69, 9.17) is 16.3 Å². The van der Waals surface area contributed by atoms with Crippen molar-refractivity contribution < 1.29 is 19.2 Å². The van der Waals surface area contributed by atoms with E-state index in [-0.39, 0.29) is 11.6 Å². The van der Waals surface area contributed by atoms with Crippen molar-refractivity contribution in [3.63, 3.8) is 0 Å². The average molecular weight is 295 g/mol. The van der Waals surface area contributed by atoms with Crippen LogP contribution in [-0.4, -0.2) is 17.2 Å². The van der Waals surface area contributed by atoms with Crippen molar-refractivity contribution in [1.29, 1.82) is 0 Å². The van der Waals surface area contributed by atoms with E-state index in [0.717, 1.165) is 5.56 Å². The number of aryl methyl sites for hydroxylation is 1. The van der Waals surface area contributed by atoms with Gasteiger partial charge in [-0.05, 0) is 30.7 Å². The molecule has 0 aliphatic rings. The summed E-state index contributed by atoms with van der Waals surface area (Å²) >= 11 is 5.69. The summed E-state index contributed by atoms with van der Waals surface area (Å²) in [6, 6.07) is 9.40. The number of benzene rings is 2. The molecule has 2 aromatic carbocycles. The molecular formula is C14H13BClFO3. The molecule has 2 aromatic rings. The summed E-state index contributed by atoms with van der Waals surface area (Å²) in [6.07, 6.45) is 0. The van der Waals surface area contributed by atoms with Gasteiger partial charge in [-0.2, -0.15) is 0 Å². The Balaban J connectivity index is 2.16. The van der Waals surface area contributed by atoms with Crippen molar-refractivity contribution in [2.45, 2.75) is 13.5 Å². The zero-order chi connectivity index (χ0) is 14.7. The van der Waals surface area contributed by atoms with Gasteiger partial charge in [0.25, 0.3) is 0 Å². The van der Waals surface area contributed by atoms with E-state index in [1.165, 1.54) is 12.1 Å². The summed E-state index contributed by atoms with van der Waals surface area (Å²) in [5.74, 6) is -0.122. The second-order valence-electron chi connectivity index (χ2n) is 4.45. The van der Waals surface area contributed by atoms with E-state index >= 15 is 0 Å². The van der Waals surface area contributed by atoms with E-state index < -0.39 is 12.9 Å². The van der Waals surface area contributed by atoms with Gasteiger partial charge in [-0.25, -0.2) is 4.39 Å². The van der Waals surface area contributed by atoms with Crippen molar-refractivity contribution in [3.8, 4) is 5.75 Å². The fourth-order valence-corrected chi connectivity index (χ4v) is 1.99. The quantitative estimate of drug-likeness (QED) is 0.849. The molecular weight excluding hydrogens is 281 g/mol. The van der Waals surface area contributed by atoms with Crippen LogP contribution in [0.1, 0.15) is 11.1 Å². The minimum Gasteiger partial charge on any atom is -0.489 e. The summed E-state index contributed by atoms with van der Waals surface area (Å²) in [7, 11) is -1.61. The van der Waals surface area contributed by atoms with Gasteiger partial charge in [-0.15, -0.1) is 0 Å². The summed E-state index contributed by atoms with van der Waals surface area (Å²) in [4.78, 5) is 0. The average Bonchev–Trinajstić information content (AvgIpc) is 2.41. The molecule has 0 heterocycles. The maximum atomic E-state index is 13.0. The Morgan fingerprint density at radius 3 is 2.60 bits per heavy atom. The highest BCUT2D eigenvalue weighted by molar-refractivity contribution is 6.59. The largest absolute Gasteiger partial charge is 0.492 e. The van der Waals surface area contributed by atoms with Gasteiger partial charge >= 0.3 is 7.12 Å². The summed E-state index contributed by atoms with van der Waals surface area (Å²) in [5.41, 5.74) is 1.87. The highest BCUT2D eigenvalue weighted by atomic mass is 35.5. The van der Waals surface area contributed by atoms with Gasteiger partial charge in [0.15, 0.2) is 0 Å². The number of rotatable bonds is 4. The Labute approximate surface area is 121 Å². The van der Waals surface area contributed by atoms with E-state index in [0.29, 0.717) is 16.8 Å². The summed E-state index contributed by atoms with van der Waals surface area (Å²) in [6.45, 7) is 2.00. The highest BCUT2D eigenvalue weighted by Crippen LogP contribution is 2.18. The fraction of sp³-hybridized carbons (Fsp3) is 0.143. The molecule has 0 spiro atoms. The lowest BCUT2D eigenvalue weighted by molar-refractivity contribution is 0.306. The fourth-order valence-electron chi connectivity index (χ4n) is 1.79. The zero-order valence-corrected chi connectivity index (χ0v) is 11.6. The maximum Gasteiger partial charge on any atom is 0.492 e. The predicted molar refractivity (Wildman–Crippen MR) is 76.7 cm³/mol. The molecule has 0 bridgehead atoms. The Kier molecular flexibility index (Phi) is 4.65. The Morgan fingerprint density at radius 1 is 1.20 bits per heavy atom. The number of hydrogen-bond acceptors (Lipinski definition) is 3. The topological polar surface area (TPSA) is 49.7 Å². The number of halogens is 2. The molecule has 20 heavy (non-hydrogen) atoms. The molecule has 0 aromatic heterocycles. The molecule has 2 rings (SSSR count). The van der Waals surface area contributed by atoms with Crippen molar-refractivity contribution in [2.24, 2.45) is 0 Å². The number of hydrogen-bond donors (Lipinski definition) is 2. The lowest BCUT2D eigenvalue weighted by atomic mass is 9.79. The molecule has 0 atom stereocenters. The molecule has 3 nitrogen and oxygen atoms in total. The first-order valence-electron chi connectivity index (χ1n) is 6.01. The van der Waals surface area contributed by atoms with Crippen LogP contribution < -0.4 is 10.2 Å². The van der Waals surface area contributed by atoms with Crippen LogP contribution in [0.3, 0.4) is 0 Å². The third-order valence-corrected chi connectivity index (χ3v) is 3.11. The van der Waals surface area contributed by atoms with Gasteiger partial charge in [0.1, 0.15) is 18.2 Å². The predicted octanol–water partition coefficient (Wildman–Crippen LogP) is 2.05. The molecule has 0 aliphatic heterocycles. The standard InChI is InChI=1S/C14H13BClFO3/c1-9-2-5-14(11(6-9)15(18)19)20-8-10-3-4-13(17)12(16)7-10/h2-7,18-19H,8H2,1H3. The van der Waals surface area contributed by atoms with Crippen molar-refractivity contribution in [2.75, 3.05) is 0 Å². The van der Waals surface area contributed by atoms with E-state index in [2.05, 4.69) is 0 Å². The molecule has 0 aliphatic carbocycles. The van der Waals surface area contributed by atoms with Crippen LogP contribution in [0, 0.1) is 12.7 Å². The molecule has 104 valence electrons. The van der Waals surface area contributed by atoms with Gasteiger partial charge in [0.05, 0.1) is 5.02 Å². The smallest absolute Gasteiger partial charge is 0.489 e. The molecule has 0 unspecified atom stereocenters. The van der Waals surface area contributed by atoms with E-state index in [1.807, 2.05) is 6.92 Å². The molecule has 0 saturated heterocycles. The van der Waals surface area contributed by atoms with Gasteiger partial charge in [0.2, 0.25) is 0 Å². The molecule has 0 radical (unpaired) electrons. The molecule has 2 N–H and O–H groups in total. The Bertz CT molecular complexity index is 619. The normalized spacial score (nSPS) is 10.4. The third kappa shape index (κ3) is 3.51. The van der Waals surface area contributed by atoms with Crippen molar-refractivity contribution in [1.82, 2.24) is 0 Å². The molecule has 6 heteroatoms. The van der Waals surface area contributed by atoms with E-state index in [9.17, 15) is 14.4 Å². The summed E-state index contributed by atoms with van der Waals surface area (Å²) in [5, 5.41) is 18.6. The maximum absolute atomic E-state index is 13.0. The number of ether oxygens (including phenoxy) is 1. The first kappa shape index (κ1) is 14.8. The summed E-state index contributed by atoms with van der Waals surface area (Å²) < 4.78 is 18.6. The molecule has 0 amide bonds. The SMILES string of the molecule is Cc1ccc(OCc2ccc(F)c(Cl)c2)c(B(O)O)c1. The van der Waals surface area contributed by atoms with Gasteiger partial charge in [0, 0.05) is 5.46 Å². The third-order valence-electron chi connectivity index (χ3n) is 2.82. The van der Waals surface area contributed by atoms with Crippen LogP contribution in [0.2, 0.25) is 5.02 Å². The molecule has 0 fully saturated rings. The van der Waals surface area contributed by atoms with Crippen LogP contribution in [0.4, 0.5) is 4.39 Å². The Hall–Kier alpha value is -1.56. The van der Waals surface area contributed by atoms with Gasteiger partial charge in [-0.3, -0.25) is 0 Å². The van der Waals surface area contributed by atoms with Crippen molar-refractivity contribution >= 4 is 24.2 Å². The monoisotopic (exact) mass is 294 g/mol. The highest BCUT2D eigenvalue weighted by Gasteiger charge is 2.17. The lowest BCUT2D eigenvalue weighted by Gasteiger charge is -2.12.